The molecule has 1 N–H and O–H groups in total. The van der Waals surface area contributed by atoms with Crippen molar-refractivity contribution in [1.82, 2.24) is 9.55 Å². The maximum atomic E-state index is 12.4. The number of nitrogens with zero attached hydrogens (tertiary/aromatic N) is 2. The highest BCUT2D eigenvalue weighted by atomic mass is 35.5. The zero-order valence-electron chi connectivity index (χ0n) is 14.0. The van der Waals surface area contributed by atoms with Crippen molar-refractivity contribution in [2.75, 3.05) is 6.61 Å². The molecule has 0 saturated carbocycles. The molecule has 1 aromatic carbocycles. The van der Waals surface area contributed by atoms with Gasteiger partial charge in [-0.2, -0.15) is 0 Å². The lowest BCUT2D eigenvalue weighted by Gasteiger charge is -2.23. The Labute approximate surface area is 147 Å². The van der Waals surface area contributed by atoms with Gasteiger partial charge in [-0.05, 0) is 30.5 Å². The van der Waals surface area contributed by atoms with Gasteiger partial charge < -0.3 is 14.4 Å². The Morgan fingerprint density at radius 2 is 2.08 bits per heavy atom. The van der Waals surface area contributed by atoms with Crippen molar-refractivity contribution in [2.24, 2.45) is 18.9 Å². The van der Waals surface area contributed by atoms with Crippen LogP contribution in [0.5, 0.6) is 0 Å². The van der Waals surface area contributed by atoms with Crippen molar-refractivity contribution in [3.8, 4) is 0 Å². The number of carbonyl (C=O) groups is 1. The van der Waals surface area contributed by atoms with Gasteiger partial charge in [0.1, 0.15) is 6.61 Å². The molecule has 5 nitrogen and oxygen atoms in total. The lowest BCUT2D eigenvalue weighted by Crippen LogP contribution is -2.29. The van der Waals surface area contributed by atoms with E-state index in [0.29, 0.717) is 17.9 Å². The second-order valence-electron chi connectivity index (χ2n) is 5.89. The third kappa shape index (κ3) is 4.82. The maximum absolute atomic E-state index is 12.4. The molecule has 2 rings (SSSR count). The summed E-state index contributed by atoms with van der Waals surface area (Å²) < 4.78 is 7.33. The molecule has 1 aromatic heterocycles. The van der Waals surface area contributed by atoms with Crippen LogP contribution in [0.4, 0.5) is 0 Å². The normalized spacial score (nSPS) is 13.5. The summed E-state index contributed by atoms with van der Waals surface area (Å²) in [6.45, 7) is 2.07. The average molecular weight is 351 g/mol. The van der Waals surface area contributed by atoms with E-state index in [1.165, 1.54) is 0 Å². The molecule has 24 heavy (non-hydrogen) atoms. The first-order chi connectivity index (χ1) is 11.5. The van der Waals surface area contributed by atoms with E-state index in [0.717, 1.165) is 11.3 Å². The van der Waals surface area contributed by atoms with E-state index < -0.39 is 0 Å². The van der Waals surface area contributed by atoms with Crippen LogP contribution >= 0.6 is 11.6 Å². The Morgan fingerprint density at radius 1 is 1.38 bits per heavy atom. The number of esters is 1. The molecule has 0 spiro atoms. The average Bonchev–Trinajstić information content (AvgIpc) is 2.99. The predicted octanol–water partition coefficient (Wildman–Crippen LogP) is 2.99. The molecule has 0 saturated heterocycles. The standard InChI is InChI=1S/C18H23ClN2O3/c1-3-17(14(10-22)8-16-9-20-12-21(16)2)18(23)24-11-13-4-6-15(19)7-5-13/h4-7,9,12,14,17,22H,3,8,10-11H2,1-2H3/t14-,17-/m0/s1. The molecule has 2 atom stereocenters. The quantitative estimate of drug-likeness (QED) is 0.743. The van der Waals surface area contributed by atoms with E-state index in [1.807, 2.05) is 30.7 Å². The Hall–Kier alpha value is -1.85. The number of carbonyl (C=O) groups excluding carboxylic acids is 1. The zero-order chi connectivity index (χ0) is 17.5. The number of benzene rings is 1. The van der Waals surface area contributed by atoms with E-state index in [-0.39, 0.29) is 31.0 Å². The van der Waals surface area contributed by atoms with Gasteiger partial charge in [-0.25, -0.2) is 4.98 Å². The fraction of sp³-hybridized carbons (Fsp3) is 0.444. The lowest BCUT2D eigenvalue weighted by molar-refractivity contribution is -0.152. The van der Waals surface area contributed by atoms with Crippen molar-refractivity contribution in [1.29, 1.82) is 0 Å². The van der Waals surface area contributed by atoms with Crippen LogP contribution in [0.15, 0.2) is 36.8 Å². The number of aryl methyl sites for hydroxylation is 1. The minimum absolute atomic E-state index is 0.0697. The maximum Gasteiger partial charge on any atom is 0.309 e. The van der Waals surface area contributed by atoms with Crippen LogP contribution in [-0.2, 0) is 29.6 Å². The molecule has 0 amide bonds. The van der Waals surface area contributed by atoms with E-state index in [1.54, 1.807) is 24.7 Å². The van der Waals surface area contributed by atoms with E-state index in [4.69, 9.17) is 16.3 Å². The minimum atomic E-state index is -0.350. The monoisotopic (exact) mass is 350 g/mol. The number of ether oxygens (including phenoxy) is 1. The number of aromatic nitrogens is 2. The van der Waals surface area contributed by atoms with Crippen LogP contribution in [0.3, 0.4) is 0 Å². The predicted molar refractivity (Wildman–Crippen MR) is 92.5 cm³/mol. The highest BCUT2D eigenvalue weighted by Crippen LogP contribution is 2.22. The molecular weight excluding hydrogens is 328 g/mol. The topological polar surface area (TPSA) is 64.3 Å². The van der Waals surface area contributed by atoms with Gasteiger partial charge in [0.15, 0.2) is 0 Å². The summed E-state index contributed by atoms with van der Waals surface area (Å²) in [5, 5.41) is 10.4. The fourth-order valence-electron chi connectivity index (χ4n) is 2.72. The molecule has 0 fully saturated rings. The van der Waals surface area contributed by atoms with E-state index >= 15 is 0 Å². The second-order valence-corrected chi connectivity index (χ2v) is 6.33. The summed E-state index contributed by atoms with van der Waals surface area (Å²) in [4.78, 5) is 16.5. The zero-order valence-corrected chi connectivity index (χ0v) is 14.7. The highest BCUT2D eigenvalue weighted by molar-refractivity contribution is 6.30. The van der Waals surface area contributed by atoms with E-state index in [2.05, 4.69) is 4.98 Å². The van der Waals surface area contributed by atoms with Crippen LogP contribution < -0.4 is 0 Å². The van der Waals surface area contributed by atoms with Gasteiger partial charge >= 0.3 is 5.97 Å². The summed E-state index contributed by atoms with van der Waals surface area (Å²) in [6, 6.07) is 7.19. The highest BCUT2D eigenvalue weighted by Gasteiger charge is 2.28. The van der Waals surface area contributed by atoms with Crippen molar-refractivity contribution < 1.29 is 14.6 Å². The largest absolute Gasteiger partial charge is 0.461 e. The first kappa shape index (κ1) is 18.5. The smallest absolute Gasteiger partial charge is 0.309 e. The number of halogens is 1. The van der Waals surface area contributed by atoms with Gasteiger partial charge in [0.05, 0.1) is 12.2 Å². The number of hydrogen-bond acceptors (Lipinski definition) is 4. The number of aliphatic hydroxyl groups is 1. The van der Waals surface area contributed by atoms with Gasteiger partial charge in [-0.1, -0.05) is 30.7 Å². The molecule has 0 aliphatic rings. The molecule has 0 bridgehead atoms. The molecule has 1 heterocycles. The molecule has 0 aliphatic carbocycles. The summed E-state index contributed by atoms with van der Waals surface area (Å²) in [6.07, 6.45) is 4.67. The molecular formula is C18H23ClN2O3. The van der Waals surface area contributed by atoms with Gasteiger partial charge in [0, 0.05) is 36.5 Å². The van der Waals surface area contributed by atoms with Crippen LogP contribution in [-0.4, -0.2) is 27.2 Å². The number of imidazole rings is 1. The number of aliphatic hydroxyl groups excluding tert-OH is 1. The molecule has 6 heteroatoms. The molecule has 0 aliphatic heterocycles. The third-order valence-corrected chi connectivity index (χ3v) is 4.48. The van der Waals surface area contributed by atoms with Gasteiger partial charge in [-0.15, -0.1) is 0 Å². The van der Waals surface area contributed by atoms with Gasteiger partial charge in [-0.3, -0.25) is 4.79 Å². The Morgan fingerprint density at radius 3 is 2.62 bits per heavy atom. The summed E-state index contributed by atoms with van der Waals surface area (Å²) in [5.41, 5.74) is 1.87. The van der Waals surface area contributed by atoms with Crippen LogP contribution in [0.2, 0.25) is 5.02 Å². The first-order valence-corrected chi connectivity index (χ1v) is 8.40. The molecule has 0 unspecified atom stereocenters. The SMILES string of the molecule is CC[C@H](C(=O)OCc1ccc(Cl)cc1)[C@H](CO)Cc1cncn1C. The van der Waals surface area contributed by atoms with Crippen LogP contribution in [0, 0.1) is 11.8 Å². The van der Waals surface area contributed by atoms with Crippen molar-refractivity contribution in [3.63, 3.8) is 0 Å². The minimum Gasteiger partial charge on any atom is -0.461 e. The van der Waals surface area contributed by atoms with Crippen LogP contribution in [0.1, 0.15) is 24.6 Å². The van der Waals surface area contributed by atoms with Gasteiger partial charge in [0.25, 0.3) is 0 Å². The summed E-state index contributed by atoms with van der Waals surface area (Å²) in [7, 11) is 1.90. The lowest BCUT2D eigenvalue weighted by atomic mass is 9.87. The summed E-state index contributed by atoms with van der Waals surface area (Å²) in [5.74, 6) is -0.825. The fourth-order valence-corrected chi connectivity index (χ4v) is 2.84. The first-order valence-electron chi connectivity index (χ1n) is 8.02. The van der Waals surface area contributed by atoms with Crippen molar-refractivity contribution in [2.45, 2.75) is 26.4 Å². The van der Waals surface area contributed by atoms with Gasteiger partial charge in [0.2, 0.25) is 0 Å². The van der Waals surface area contributed by atoms with Crippen molar-refractivity contribution in [3.05, 3.63) is 53.1 Å². The second kappa shape index (κ2) is 8.85. The van der Waals surface area contributed by atoms with Crippen LogP contribution in [0.25, 0.3) is 0 Å². The Balaban J connectivity index is 1.98. The number of hydrogen-bond donors (Lipinski definition) is 1. The molecule has 130 valence electrons. The van der Waals surface area contributed by atoms with Crippen molar-refractivity contribution >= 4 is 17.6 Å². The van der Waals surface area contributed by atoms with E-state index in [9.17, 15) is 9.90 Å². The number of rotatable bonds is 8. The third-order valence-electron chi connectivity index (χ3n) is 4.23. The Bertz CT molecular complexity index is 655. The molecule has 0 radical (unpaired) electrons. The summed E-state index contributed by atoms with van der Waals surface area (Å²) >= 11 is 5.85. The Kier molecular flexibility index (Phi) is 6.82. The molecule has 2 aromatic rings.